The van der Waals surface area contributed by atoms with Gasteiger partial charge in [0.2, 0.25) is 0 Å². The Morgan fingerprint density at radius 1 is 1.00 bits per heavy atom. The third-order valence-electron chi connectivity index (χ3n) is 6.60. The maximum absolute atomic E-state index is 12.9. The lowest BCUT2D eigenvalue weighted by Gasteiger charge is -2.30. The molecule has 5 rings (SSSR count). The molecule has 4 nitrogen and oxygen atoms in total. The van der Waals surface area contributed by atoms with Gasteiger partial charge in [0.25, 0.3) is 5.91 Å². The van der Waals surface area contributed by atoms with Crippen LogP contribution >= 0.6 is 0 Å². The first-order valence-electron chi connectivity index (χ1n) is 10.9. The number of carbonyl (C=O) groups is 1. The Kier molecular flexibility index (Phi) is 4.67. The summed E-state index contributed by atoms with van der Waals surface area (Å²) in [5.74, 6) is 1.75. The predicted octanol–water partition coefficient (Wildman–Crippen LogP) is 4.99. The smallest absolute Gasteiger partial charge is 0.253 e. The van der Waals surface area contributed by atoms with Crippen LogP contribution in [0.15, 0.2) is 48.0 Å². The number of para-hydroxylation sites is 1. The van der Waals surface area contributed by atoms with Crippen LogP contribution in [0.3, 0.4) is 0 Å². The number of benzene rings is 2. The average Bonchev–Trinajstić information content (AvgIpc) is 3.09. The van der Waals surface area contributed by atoms with E-state index < -0.39 is 0 Å². The van der Waals surface area contributed by atoms with E-state index in [0.717, 1.165) is 29.9 Å². The van der Waals surface area contributed by atoms with Gasteiger partial charge >= 0.3 is 0 Å². The van der Waals surface area contributed by atoms with Crippen molar-refractivity contribution in [3.63, 3.8) is 0 Å². The van der Waals surface area contributed by atoms with E-state index in [1.165, 1.54) is 29.6 Å². The largest absolute Gasteiger partial charge is 0.456 e. The van der Waals surface area contributed by atoms with Gasteiger partial charge in [0.05, 0.1) is 0 Å². The van der Waals surface area contributed by atoms with Gasteiger partial charge in [-0.05, 0) is 69.4 Å². The summed E-state index contributed by atoms with van der Waals surface area (Å²) in [6.45, 7) is 5.45. The molecule has 2 atom stereocenters. The van der Waals surface area contributed by atoms with Gasteiger partial charge in [-0.3, -0.25) is 4.79 Å². The topological polar surface area (TPSA) is 41.6 Å². The van der Waals surface area contributed by atoms with Gasteiger partial charge in [0.1, 0.15) is 11.5 Å². The van der Waals surface area contributed by atoms with Crippen LogP contribution in [0.1, 0.15) is 61.0 Å². The summed E-state index contributed by atoms with van der Waals surface area (Å²) >= 11 is 0. The number of hydrogen-bond acceptors (Lipinski definition) is 3. The lowest BCUT2D eigenvalue weighted by molar-refractivity contribution is 0.0772. The number of ether oxygens (including phenoxy) is 1. The Hall–Kier alpha value is -2.59. The van der Waals surface area contributed by atoms with Gasteiger partial charge < -0.3 is 15.0 Å². The molecule has 2 saturated heterocycles. The average molecular weight is 389 g/mol. The minimum absolute atomic E-state index is 0.0642. The fourth-order valence-corrected chi connectivity index (χ4v) is 5.15. The van der Waals surface area contributed by atoms with E-state index in [0.29, 0.717) is 30.7 Å². The van der Waals surface area contributed by atoms with Crippen LogP contribution in [0.5, 0.6) is 11.5 Å². The van der Waals surface area contributed by atoms with Crippen LogP contribution < -0.4 is 10.1 Å². The van der Waals surface area contributed by atoms with Crippen molar-refractivity contribution < 1.29 is 9.53 Å². The zero-order valence-electron chi connectivity index (χ0n) is 17.2. The molecule has 2 bridgehead atoms. The summed E-state index contributed by atoms with van der Waals surface area (Å²) in [7, 11) is 0. The van der Waals surface area contributed by atoms with Crippen LogP contribution in [0, 0.1) is 0 Å². The minimum Gasteiger partial charge on any atom is -0.456 e. The summed E-state index contributed by atoms with van der Waals surface area (Å²) in [4.78, 5) is 14.7. The Morgan fingerprint density at radius 2 is 1.69 bits per heavy atom. The number of carbonyl (C=O) groups excluding carboxylic acids is 1. The molecule has 3 aliphatic rings. The van der Waals surface area contributed by atoms with E-state index in [4.69, 9.17) is 4.74 Å². The molecule has 3 aliphatic heterocycles. The zero-order valence-corrected chi connectivity index (χ0v) is 17.2. The normalized spacial score (nSPS) is 22.0. The Labute approximate surface area is 172 Å². The molecular weight excluding hydrogens is 360 g/mol. The number of nitrogens with zero attached hydrogens (tertiary/aromatic N) is 1. The first-order valence-corrected chi connectivity index (χ1v) is 10.9. The van der Waals surface area contributed by atoms with Crippen LogP contribution in [-0.4, -0.2) is 36.0 Å². The second-order valence-electron chi connectivity index (χ2n) is 8.31. The van der Waals surface area contributed by atoms with Crippen molar-refractivity contribution in [1.29, 1.82) is 0 Å². The third kappa shape index (κ3) is 3.16. The van der Waals surface area contributed by atoms with Crippen LogP contribution in [-0.2, 0) is 0 Å². The molecule has 4 heteroatoms. The van der Waals surface area contributed by atoms with Gasteiger partial charge in [-0.25, -0.2) is 0 Å². The highest BCUT2D eigenvalue weighted by atomic mass is 16.5. The van der Waals surface area contributed by atoms with Gasteiger partial charge in [0.15, 0.2) is 0 Å². The molecule has 1 N–H and O–H groups in total. The highest BCUT2D eigenvalue weighted by Gasteiger charge is 2.34. The van der Waals surface area contributed by atoms with Crippen LogP contribution in [0.2, 0.25) is 0 Å². The van der Waals surface area contributed by atoms with E-state index in [9.17, 15) is 4.79 Å². The lowest BCUT2D eigenvalue weighted by Crippen LogP contribution is -2.35. The maximum atomic E-state index is 12.9. The first kappa shape index (κ1) is 18.4. The molecule has 0 unspecified atom stereocenters. The van der Waals surface area contributed by atoms with E-state index in [1.54, 1.807) is 0 Å². The van der Waals surface area contributed by atoms with Gasteiger partial charge in [-0.2, -0.15) is 0 Å². The SMILES string of the molecule is CCN(CC)C(=O)c1ccc2c(c1)Oc1ccccc1C2=C1C[C@H]2CC[C@H](C1)N2. The van der Waals surface area contributed by atoms with Crippen molar-refractivity contribution in [2.24, 2.45) is 0 Å². The summed E-state index contributed by atoms with van der Waals surface area (Å²) in [6.07, 6.45) is 4.73. The van der Waals surface area contributed by atoms with Crippen LogP contribution in [0.4, 0.5) is 0 Å². The number of nitrogens with one attached hydrogen (secondary N) is 1. The summed E-state index contributed by atoms with van der Waals surface area (Å²) in [5, 5.41) is 3.74. The monoisotopic (exact) mass is 388 g/mol. The molecule has 0 aromatic heterocycles. The third-order valence-corrected chi connectivity index (χ3v) is 6.60. The molecule has 2 fully saturated rings. The molecule has 0 spiro atoms. The van der Waals surface area contributed by atoms with E-state index in [-0.39, 0.29) is 5.91 Å². The Morgan fingerprint density at radius 3 is 2.41 bits per heavy atom. The van der Waals surface area contributed by atoms with Crippen LogP contribution in [0.25, 0.3) is 5.57 Å². The molecule has 2 aromatic rings. The Balaban J connectivity index is 1.62. The minimum atomic E-state index is 0.0642. The lowest BCUT2D eigenvalue weighted by atomic mass is 9.84. The summed E-state index contributed by atoms with van der Waals surface area (Å²) in [5.41, 5.74) is 5.84. The molecule has 1 amide bonds. The Bertz CT molecular complexity index is 976. The quantitative estimate of drug-likeness (QED) is 0.687. The molecule has 29 heavy (non-hydrogen) atoms. The standard InChI is InChI=1S/C25H28N2O2/c1-3-27(4-2)25(28)16-9-12-21-23(15-16)29-22-8-6-5-7-20(22)24(21)17-13-18-10-11-19(14-17)26-18/h5-9,12,15,18-19,26H,3-4,10-11,13-14H2,1-2H3/t18-,19-/m1/s1. The molecule has 0 saturated carbocycles. The van der Waals surface area contributed by atoms with Crippen molar-refractivity contribution in [3.05, 3.63) is 64.7 Å². The summed E-state index contributed by atoms with van der Waals surface area (Å²) in [6, 6.07) is 15.5. The second kappa shape index (κ2) is 7.34. The fraction of sp³-hybridized carbons (Fsp3) is 0.400. The fourth-order valence-electron chi connectivity index (χ4n) is 5.15. The van der Waals surface area contributed by atoms with Crippen molar-refractivity contribution in [2.75, 3.05) is 13.1 Å². The first-order chi connectivity index (χ1) is 14.2. The van der Waals surface area contributed by atoms with Crippen molar-refractivity contribution in [2.45, 2.75) is 51.6 Å². The van der Waals surface area contributed by atoms with Gasteiger partial charge in [0, 0.05) is 41.9 Å². The number of hydrogen-bond donors (Lipinski definition) is 1. The summed E-state index contributed by atoms with van der Waals surface area (Å²) < 4.78 is 6.29. The van der Waals surface area contributed by atoms with Crippen molar-refractivity contribution in [1.82, 2.24) is 10.2 Å². The van der Waals surface area contributed by atoms with E-state index in [1.807, 2.05) is 43.0 Å². The molecule has 2 aromatic carbocycles. The number of amides is 1. The van der Waals surface area contributed by atoms with Gasteiger partial charge in [-0.1, -0.05) is 23.8 Å². The van der Waals surface area contributed by atoms with Gasteiger partial charge in [-0.15, -0.1) is 0 Å². The highest BCUT2D eigenvalue weighted by molar-refractivity contribution is 5.97. The highest BCUT2D eigenvalue weighted by Crippen LogP contribution is 2.48. The number of piperidine rings is 1. The zero-order chi connectivity index (χ0) is 20.0. The second-order valence-corrected chi connectivity index (χ2v) is 8.31. The molecular formula is C25H28N2O2. The molecule has 150 valence electrons. The molecule has 0 aliphatic carbocycles. The molecule has 0 radical (unpaired) electrons. The van der Waals surface area contributed by atoms with Crippen molar-refractivity contribution >= 4 is 11.5 Å². The predicted molar refractivity (Wildman–Crippen MR) is 115 cm³/mol. The van der Waals surface area contributed by atoms with Crippen molar-refractivity contribution in [3.8, 4) is 11.5 Å². The van der Waals surface area contributed by atoms with E-state index >= 15 is 0 Å². The number of rotatable bonds is 3. The maximum Gasteiger partial charge on any atom is 0.253 e. The van der Waals surface area contributed by atoms with E-state index in [2.05, 4.69) is 23.5 Å². The molecule has 3 heterocycles. The number of fused-ring (bicyclic) bond motifs is 4.